The summed E-state index contributed by atoms with van der Waals surface area (Å²) in [5, 5.41) is 2.98. The Balaban J connectivity index is 1.69. The summed E-state index contributed by atoms with van der Waals surface area (Å²) in [6.45, 7) is 3.21. The number of nitrogens with zero attached hydrogens (tertiary/aromatic N) is 4. The van der Waals surface area contributed by atoms with E-state index in [4.69, 9.17) is 9.47 Å². The van der Waals surface area contributed by atoms with Gasteiger partial charge in [-0.25, -0.2) is 14.8 Å². The fraction of sp³-hybridized carbons (Fsp3) is 0.706. The van der Waals surface area contributed by atoms with E-state index in [-0.39, 0.29) is 17.6 Å². The minimum atomic E-state index is -0.0555. The number of carbonyl (C=O) groups is 1. The maximum Gasteiger partial charge on any atom is 0.316 e. The number of carbonyl (C=O) groups excluding carboxylic acids is 1. The molecular formula is C17H27N5O3. The van der Waals surface area contributed by atoms with Gasteiger partial charge in [0.2, 0.25) is 5.88 Å². The Morgan fingerprint density at radius 1 is 1.52 bits per heavy atom. The number of nitrogens with one attached hydrogen (secondary N) is 1. The van der Waals surface area contributed by atoms with Crippen molar-refractivity contribution in [2.75, 3.05) is 52.3 Å². The van der Waals surface area contributed by atoms with Crippen LogP contribution in [0.3, 0.4) is 0 Å². The Kier molecular flexibility index (Phi) is 5.27. The summed E-state index contributed by atoms with van der Waals surface area (Å²) < 4.78 is 11.2. The van der Waals surface area contributed by atoms with Gasteiger partial charge < -0.3 is 24.6 Å². The Bertz CT molecular complexity index is 612. The highest BCUT2D eigenvalue weighted by Crippen LogP contribution is 2.44. The van der Waals surface area contributed by atoms with Gasteiger partial charge in [-0.2, -0.15) is 0 Å². The van der Waals surface area contributed by atoms with Crippen LogP contribution in [0.25, 0.3) is 0 Å². The van der Waals surface area contributed by atoms with E-state index in [1.54, 1.807) is 26.1 Å². The van der Waals surface area contributed by atoms with Gasteiger partial charge in [-0.05, 0) is 19.3 Å². The zero-order chi connectivity index (χ0) is 17.9. The van der Waals surface area contributed by atoms with Gasteiger partial charge >= 0.3 is 6.03 Å². The van der Waals surface area contributed by atoms with Crippen LogP contribution in [0.4, 0.5) is 10.6 Å². The lowest BCUT2D eigenvalue weighted by atomic mass is 9.74. The van der Waals surface area contributed by atoms with Gasteiger partial charge in [-0.1, -0.05) is 0 Å². The average molecular weight is 349 g/mol. The first-order valence-corrected chi connectivity index (χ1v) is 8.72. The number of hydrogen-bond donors (Lipinski definition) is 1. The van der Waals surface area contributed by atoms with Crippen LogP contribution in [-0.2, 0) is 4.74 Å². The Labute approximate surface area is 148 Å². The molecule has 0 spiro atoms. The second-order valence-electron chi connectivity index (χ2n) is 6.98. The highest BCUT2D eigenvalue weighted by atomic mass is 16.5. The van der Waals surface area contributed by atoms with Crippen molar-refractivity contribution < 1.29 is 14.3 Å². The molecule has 0 aromatic carbocycles. The van der Waals surface area contributed by atoms with Crippen LogP contribution in [0.5, 0.6) is 5.88 Å². The standard InChI is InChI=1S/C17H27N5O3/c1-21(2)16(23)18-7-5-17-6-9-25-13(17)4-8-22(11-17)14-10-15(24-3)20-12-19-14/h10,12-13H,4-9,11H2,1-3H3,(H,18,23)/t13-,17+/m1/s1. The van der Waals surface area contributed by atoms with Crippen LogP contribution in [-0.4, -0.2) is 74.4 Å². The summed E-state index contributed by atoms with van der Waals surface area (Å²) in [6.07, 6.45) is 4.66. The van der Waals surface area contributed by atoms with E-state index >= 15 is 0 Å². The summed E-state index contributed by atoms with van der Waals surface area (Å²) >= 11 is 0. The van der Waals surface area contributed by atoms with Crippen molar-refractivity contribution in [3.05, 3.63) is 12.4 Å². The van der Waals surface area contributed by atoms with Gasteiger partial charge in [0.15, 0.2) is 0 Å². The van der Waals surface area contributed by atoms with Gasteiger partial charge in [0.1, 0.15) is 12.1 Å². The van der Waals surface area contributed by atoms with Crippen molar-refractivity contribution in [1.82, 2.24) is 20.2 Å². The van der Waals surface area contributed by atoms with Crippen LogP contribution < -0.4 is 15.0 Å². The maximum atomic E-state index is 11.8. The van der Waals surface area contributed by atoms with Gasteiger partial charge in [-0.15, -0.1) is 0 Å². The third-order valence-corrected chi connectivity index (χ3v) is 5.23. The van der Waals surface area contributed by atoms with E-state index in [0.717, 1.165) is 44.8 Å². The molecule has 8 nitrogen and oxygen atoms in total. The number of ether oxygens (including phenoxy) is 2. The molecule has 2 aliphatic heterocycles. The normalized spacial score (nSPS) is 25.4. The number of aromatic nitrogens is 2. The molecule has 0 radical (unpaired) electrons. The topological polar surface area (TPSA) is 79.8 Å². The molecule has 2 amide bonds. The second kappa shape index (κ2) is 7.43. The number of fused-ring (bicyclic) bond motifs is 1. The molecule has 1 N–H and O–H groups in total. The van der Waals surface area contributed by atoms with E-state index in [1.807, 2.05) is 6.07 Å². The highest BCUT2D eigenvalue weighted by Gasteiger charge is 2.47. The number of rotatable bonds is 5. The summed E-state index contributed by atoms with van der Waals surface area (Å²) in [5.74, 6) is 1.45. The number of methoxy groups -OCH3 is 1. The number of hydrogen-bond acceptors (Lipinski definition) is 6. The van der Waals surface area contributed by atoms with Crippen molar-refractivity contribution >= 4 is 11.8 Å². The van der Waals surface area contributed by atoms with E-state index in [9.17, 15) is 4.79 Å². The maximum absolute atomic E-state index is 11.8. The molecule has 25 heavy (non-hydrogen) atoms. The quantitative estimate of drug-likeness (QED) is 0.858. The monoisotopic (exact) mass is 349 g/mol. The lowest BCUT2D eigenvalue weighted by molar-refractivity contribution is 0.0289. The van der Waals surface area contributed by atoms with E-state index in [1.165, 1.54) is 6.33 Å². The van der Waals surface area contributed by atoms with Crippen molar-refractivity contribution in [2.45, 2.75) is 25.4 Å². The van der Waals surface area contributed by atoms with Gasteiger partial charge in [-0.3, -0.25) is 0 Å². The molecule has 3 heterocycles. The lowest BCUT2D eigenvalue weighted by Crippen LogP contribution is -2.51. The fourth-order valence-corrected chi connectivity index (χ4v) is 3.80. The van der Waals surface area contributed by atoms with E-state index in [2.05, 4.69) is 20.2 Å². The predicted octanol–water partition coefficient (Wildman–Crippen LogP) is 1.13. The van der Waals surface area contributed by atoms with Crippen LogP contribution in [0.15, 0.2) is 12.4 Å². The molecule has 0 saturated carbocycles. The largest absolute Gasteiger partial charge is 0.481 e. The minimum absolute atomic E-state index is 0.0516. The molecule has 2 fully saturated rings. The first kappa shape index (κ1) is 17.7. The molecule has 3 rings (SSSR count). The number of amides is 2. The molecule has 1 aromatic rings. The number of piperidine rings is 1. The lowest BCUT2D eigenvalue weighted by Gasteiger charge is -2.44. The molecule has 0 unspecified atom stereocenters. The van der Waals surface area contributed by atoms with E-state index in [0.29, 0.717) is 12.4 Å². The summed E-state index contributed by atoms with van der Waals surface area (Å²) in [5.41, 5.74) is 0.0516. The summed E-state index contributed by atoms with van der Waals surface area (Å²) in [4.78, 5) is 24.1. The van der Waals surface area contributed by atoms with E-state index < -0.39 is 0 Å². The summed E-state index contributed by atoms with van der Waals surface area (Å²) in [7, 11) is 5.11. The Hall–Kier alpha value is -2.09. The van der Waals surface area contributed by atoms with Crippen molar-refractivity contribution in [3.8, 4) is 5.88 Å². The predicted molar refractivity (Wildman–Crippen MR) is 93.9 cm³/mol. The fourth-order valence-electron chi connectivity index (χ4n) is 3.80. The molecule has 2 atom stereocenters. The molecule has 1 aromatic heterocycles. The third-order valence-electron chi connectivity index (χ3n) is 5.23. The third kappa shape index (κ3) is 3.78. The van der Waals surface area contributed by atoms with Crippen LogP contribution >= 0.6 is 0 Å². The number of urea groups is 1. The molecular weight excluding hydrogens is 322 g/mol. The minimum Gasteiger partial charge on any atom is -0.481 e. The summed E-state index contributed by atoms with van der Waals surface area (Å²) in [6, 6.07) is 1.82. The zero-order valence-electron chi connectivity index (χ0n) is 15.2. The molecule has 2 aliphatic rings. The Morgan fingerprint density at radius 3 is 3.12 bits per heavy atom. The SMILES string of the molecule is COc1cc(N2CC[C@H]3OCC[C@@]3(CCNC(=O)N(C)C)C2)ncn1. The molecule has 138 valence electrons. The number of anilines is 1. The first-order chi connectivity index (χ1) is 12.0. The molecule has 0 bridgehead atoms. The molecule has 2 saturated heterocycles. The van der Waals surface area contributed by atoms with Crippen molar-refractivity contribution in [1.29, 1.82) is 0 Å². The van der Waals surface area contributed by atoms with Crippen molar-refractivity contribution in [3.63, 3.8) is 0 Å². The van der Waals surface area contributed by atoms with Crippen LogP contribution in [0.2, 0.25) is 0 Å². The molecule has 8 heteroatoms. The van der Waals surface area contributed by atoms with Gasteiger partial charge in [0.25, 0.3) is 0 Å². The Morgan fingerprint density at radius 2 is 2.36 bits per heavy atom. The average Bonchev–Trinajstić information content (AvgIpc) is 3.04. The second-order valence-corrected chi connectivity index (χ2v) is 6.98. The van der Waals surface area contributed by atoms with Crippen LogP contribution in [0.1, 0.15) is 19.3 Å². The van der Waals surface area contributed by atoms with Crippen LogP contribution in [0, 0.1) is 5.41 Å². The van der Waals surface area contributed by atoms with Gasteiger partial charge in [0, 0.05) is 51.8 Å². The first-order valence-electron chi connectivity index (χ1n) is 8.72. The smallest absolute Gasteiger partial charge is 0.316 e. The highest BCUT2D eigenvalue weighted by molar-refractivity contribution is 5.73. The molecule has 0 aliphatic carbocycles. The van der Waals surface area contributed by atoms with Gasteiger partial charge in [0.05, 0.1) is 13.2 Å². The zero-order valence-corrected chi connectivity index (χ0v) is 15.2. The van der Waals surface area contributed by atoms with Crippen molar-refractivity contribution in [2.24, 2.45) is 5.41 Å².